The van der Waals surface area contributed by atoms with Crippen LogP contribution in [0, 0.1) is 0 Å². The maximum absolute atomic E-state index is 9.94. The molecule has 3 N–H and O–H groups in total. The van der Waals surface area contributed by atoms with Crippen molar-refractivity contribution in [2.45, 2.75) is 50.7 Å². The molecule has 1 aliphatic rings. The van der Waals surface area contributed by atoms with Gasteiger partial charge in [-0.3, -0.25) is 0 Å². The van der Waals surface area contributed by atoms with Gasteiger partial charge in [0.1, 0.15) is 0 Å². The first-order valence-corrected chi connectivity index (χ1v) is 5.07. The molecule has 0 spiro atoms. The second kappa shape index (κ2) is 3.95. The molecule has 0 aromatic rings. The summed E-state index contributed by atoms with van der Waals surface area (Å²) in [5, 5.41) is 22.5. The van der Waals surface area contributed by atoms with Gasteiger partial charge in [0.15, 0.2) is 0 Å². The number of hydrogen-bond donors (Lipinski definition) is 3. The lowest BCUT2D eigenvalue weighted by Gasteiger charge is -2.25. The number of aliphatic hydroxyl groups is 2. The molecule has 1 saturated carbocycles. The summed E-state index contributed by atoms with van der Waals surface area (Å²) in [6.45, 7) is 4.67. The van der Waals surface area contributed by atoms with Crippen LogP contribution in [0.3, 0.4) is 0 Å². The van der Waals surface area contributed by atoms with Gasteiger partial charge in [0.2, 0.25) is 0 Å². The number of nitrogens with one attached hydrogen (secondary N) is 1. The highest BCUT2D eigenvalue weighted by atomic mass is 16.3. The minimum absolute atomic E-state index is 0.509. The van der Waals surface area contributed by atoms with E-state index in [0.29, 0.717) is 13.1 Å². The lowest BCUT2D eigenvalue weighted by atomic mass is 10.0. The summed E-state index contributed by atoms with van der Waals surface area (Å²) in [5.41, 5.74) is -1.19. The molecular formula is C10H21NO2. The first-order valence-electron chi connectivity index (χ1n) is 5.07. The molecule has 1 rings (SSSR count). The molecule has 1 fully saturated rings. The molecule has 0 heterocycles. The molecule has 0 aliphatic heterocycles. The molecule has 0 unspecified atom stereocenters. The van der Waals surface area contributed by atoms with Crippen LogP contribution in [0.1, 0.15) is 39.5 Å². The Bertz CT molecular complexity index is 157. The molecule has 0 aromatic heterocycles. The lowest BCUT2D eigenvalue weighted by molar-refractivity contribution is 0.0336. The quantitative estimate of drug-likeness (QED) is 0.606. The number of hydrogen-bond acceptors (Lipinski definition) is 3. The van der Waals surface area contributed by atoms with E-state index >= 15 is 0 Å². The van der Waals surface area contributed by atoms with Gasteiger partial charge < -0.3 is 15.5 Å². The van der Waals surface area contributed by atoms with Crippen molar-refractivity contribution in [1.29, 1.82) is 0 Å². The topological polar surface area (TPSA) is 52.5 Å². The fourth-order valence-corrected chi connectivity index (χ4v) is 1.81. The summed E-state index contributed by atoms with van der Waals surface area (Å²) < 4.78 is 0. The third-order valence-electron chi connectivity index (χ3n) is 2.55. The van der Waals surface area contributed by atoms with Crippen LogP contribution in [0.25, 0.3) is 0 Å². The average molecular weight is 187 g/mol. The average Bonchev–Trinajstić information content (AvgIpc) is 2.33. The van der Waals surface area contributed by atoms with Crippen molar-refractivity contribution in [3.05, 3.63) is 0 Å². The van der Waals surface area contributed by atoms with Gasteiger partial charge in [0.05, 0.1) is 11.2 Å². The fourth-order valence-electron chi connectivity index (χ4n) is 1.81. The van der Waals surface area contributed by atoms with E-state index in [0.717, 1.165) is 25.7 Å². The first kappa shape index (κ1) is 11.0. The van der Waals surface area contributed by atoms with Crippen LogP contribution < -0.4 is 5.32 Å². The second-order valence-electron chi connectivity index (χ2n) is 4.85. The molecule has 0 radical (unpaired) electrons. The van der Waals surface area contributed by atoms with E-state index in [4.69, 9.17) is 0 Å². The molecule has 0 aromatic carbocycles. The van der Waals surface area contributed by atoms with Crippen LogP contribution in [-0.4, -0.2) is 34.5 Å². The lowest BCUT2D eigenvalue weighted by Crippen LogP contribution is -2.43. The second-order valence-corrected chi connectivity index (χ2v) is 4.85. The standard InChI is InChI=1S/C10H21NO2/c1-9(2,12)7-11-8-10(13)5-3-4-6-10/h11-13H,3-8H2,1-2H3. The van der Waals surface area contributed by atoms with E-state index in [9.17, 15) is 10.2 Å². The summed E-state index contributed by atoms with van der Waals surface area (Å²) in [5.74, 6) is 0. The monoisotopic (exact) mass is 187 g/mol. The smallest absolute Gasteiger partial charge is 0.0771 e. The van der Waals surface area contributed by atoms with Gasteiger partial charge in [-0.25, -0.2) is 0 Å². The normalized spacial score (nSPS) is 22.2. The fraction of sp³-hybridized carbons (Fsp3) is 1.00. The van der Waals surface area contributed by atoms with Gasteiger partial charge in [-0.1, -0.05) is 12.8 Å². The Balaban J connectivity index is 2.18. The van der Waals surface area contributed by atoms with Gasteiger partial charge in [0, 0.05) is 13.1 Å². The highest BCUT2D eigenvalue weighted by Gasteiger charge is 2.30. The molecule has 0 amide bonds. The zero-order chi connectivity index (χ0) is 9.95. The molecule has 0 bridgehead atoms. The van der Waals surface area contributed by atoms with E-state index in [-0.39, 0.29) is 0 Å². The third kappa shape index (κ3) is 4.07. The zero-order valence-electron chi connectivity index (χ0n) is 8.64. The molecule has 3 nitrogen and oxygen atoms in total. The van der Waals surface area contributed by atoms with Crippen molar-refractivity contribution in [2.24, 2.45) is 0 Å². The largest absolute Gasteiger partial charge is 0.389 e. The van der Waals surface area contributed by atoms with E-state index in [1.54, 1.807) is 13.8 Å². The van der Waals surface area contributed by atoms with Crippen LogP contribution in [0.5, 0.6) is 0 Å². The maximum atomic E-state index is 9.94. The molecule has 78 valence electrons. The third-order valence-corrected chi connectivity index (χ3v) is 2.55. The summed E-state index contributed by atoms with van der Waals surface area (Å²) in [6, 6.07) is 0. The Morgan fingerprint density at radius 3 is 2.31 bits per heavy atom. The van der Waals surface area contributed by atoms with Crippen LogP contribution >= 0.6 is 0 Å². The van der Waals surface area contributed by atoms with Crippen molar-refractivity contribution in [3.63, 3.8) is 0 Å². The summed E-state index contributed by atoms with van der Waals surface area (Å²) in [7, 11) is 0. The van der Waals surface area contributed by atoms with Crippen LogP contribution in [0.2, 0.25) is 0 Å². The molecule has 1 aliphatic carbocycles. The summed E-state index contributed by atoms with van der Waals surface area (Å²) in [4.78, 5) is 0. The van der Waals surface area contributed by atoms with E-state index in [1.165, 1.54) is 0 Å². The van der Waals surface area contributed by atoms with Gasteiger partial charge in [0.25, 0.3) is 0 Å². The van der Waals surface area contributed by atoms with Crippen molar-refractivity contribution in [1.82, 2.24) is 5.32 Å². The zero-order valence-corrected chi connectivity index (χ0v) is 8.64. The Morgan fingerprint density at radius 1 is 1.31 bits per heavy atom. The molecule has 13 heavy (non-hydrogen) atoms. The van der Waals surface area contributed by atoms with Crippen LogP contribution in [0.4, 0.5) is 0 Å². The Labute approximate surface area is 80.2 Å². The molecule has 3 heteroatoms. The van der Waals surface area contributed by atoms with E-state index < -0.39 is 11.2 Å². The Kier molecular flexibility index (Phi) is 3.33. The van der Waals surface area contributed by atoms with E-state index in [1.807, 2.05) is 0 Å². The highest BCUT2D eigenvalue weighted by molar-refractivity contribution is 4.87. The number of rotatable bonds is 4. The van der Waals surface area contributed by atoms with Gasteiger partial charge in [-0.15, -0.1) is 0 Å². The predicted molar refractivity (Wildman–Crippen MR) is 52.6 cm³/mol. The molecular weight excluding hydrogens is 166 g/mol. The van der Waals surface area contributed by atoms with Crippen molar-refractivity contribution in [2.75, 3.05) is 13.1 Å². The minimum Gasteiger partial charge on any atom is -0.389 e. The van der Waals surface area contributed by atoms with Gasteiger partial charge in [-0.05, 0) is 26.7 Å². The van der Waals surface area contributed by atoms with Crippen molar-refractivity contribution >= 4 is 0 Å². The highest BCUT2D eigenvalue weighted by Crippen LogP contribution is 2.28. The van der Waals surface area contributed by atoms with Crippen LogP contribution in [0.15, 0.2) is 0 Å². The summed E-state index contributed by atoms with van der Waals surface area (Å²) in [6.07, 6.45) is 4.04. The predicted octanol–water partition coefficient (Wildman–Crippen LogP) is 0.652. The molecule has 0 atom stereocenters. The van der Waals surface area contributed by atoms with Gasteiger partial charge >= 0.3 is 0 Å². The minimum atomic E-state index is -0.686. The van der Waals surface area contributed by atoms with Gasteiger partial charge in [-0.2, -0.15) is 0 Å². The maximum Gasteiger partial charge on any atom is 0.0771 e. The van der Waals surface area contributed by atoms with Crippen molar-refractivity contribution in [3.8, 4) is 0 Å². The SMILES string of the molecule is CC(C)(O)CNCC1(O)CCCC1. The van der Waals surface area contributed by atoms with Crippen molar-refractivity contribution < 1.29 is 10.2 Å². The Hall–Kier alpha value is -0.120. The van der Waals surface area contributed by atoms with Crippen LogP contribution in [-0.2, 0) is 0 Å². The molecule has 0 saturated heterocycles. The summed E-state index contributed by atoms with van der Waals surface area (Å²) >= 11 is 0. The first-order chi connectivity index (χ1) is 5.91. The Morgan fingerprint density at radius 2 is 1.85 bits per heavy atom. The van der Waals surface area contributed by atoms with E-state index in [2.05, 4.69) is 5.32 Å².